The van der Waals surface area contributed by atoms with Gasteiger partial charge in [0.2, 0.25) is 0 Å². The summed E-state index contributed by atoms with van der Waals surface area (Å²) in [5, 5.41) is 11.3. The van der Waals surface area contributed by atoms with Gasteiger partial charge in [0.25, 0.3) is 11.7 Å². The maximum Gasteiger partial charge on any atom is 0.295 e. The molecule has 1 amide bonds. The highest BCUT2D eigenvalue weighted by Crippen LogP contribution is 2.41. The summed E-state index contributed by atoms with van der Waals surface area (Å²) in [7, 11) is 3.01. The van der Waals surface area contributed by atoms with Crippen molar-refractivity contribution in [2.75, 3.05) is 20.8 Å². The molecular weight excluding hydrogens is 498 g/mol. The molecule has 1 fully saturated rings. The summed E-state index contributed by atoms with van der Waals surface area (Å²) in [5.74, 6) is -0.703. The van der Waals surface area contributed by atoms with Crippen LogP contribution in [0.3, 0.4) is 0 Å². The lowest BCUT2D eigenvalue weighted by Gasteiger charge is -2.25. The van der Waals surface area contributed by atoms with Gasteiger partial charge in [0.05, 0.1) is 25.8 Å². The van der Waals surface area contributed by atoms with Gasteiger partial charge in [-0.15, -0.1) is 0 Å². The van der Waals surface area contributed by atoms with Crippen molar-refractivity contribution in [1.29, 1.82) is 0 Å². The van der Waals surface area contributed by atoms with E-state index < -0.39 is 17.7 Å². The second-order valence-electron chi connectivity index (χ2n) is 7.85. The van der Waals surface area contributed by atoms with Crippen molar-refractivity contribution in [2.45, 2.75) is 12.5 Å². The van der Waals surface area contributed by atoms with Crippen molar-refractivity contribution in [3.8, 4) is 11.5 Å². The minimum atomic E-state index is -0.718. The van der Waals surface area contributed by atoms with Crippen LogP contribution < -0.4 is 9.47 Å². The molecule has 6 nitrogen and oxygen atoms in total. The molecule has 0 saturated carbocycles. The number of ketones is 1. The third-order valence-electron chi connectivity index (χ3n) is 5.87. The molecule has 3 aromatic rings. The zero-order valence-corrected chi connectivity index (χ0v) is 20.4. The van der Waals surface area contributed by atoms with Gasteiger partial charge in [0.15, 0.2) is 11.5 Å². The summed E-state index contributed by atoms with van der Waals surface area (Å²) < 4.78 is 11.5. The molecule has 1 N–H and O–H groups in total. The molecule has 0 radical (unpaired) electrons. The smallest absolute Gasteiger partial charge is 0.295 e. The second kappa shape index (κ2) is 10.1. The minimum absolute atomic E-state index is 0.0487. The number of halogens is 1. The topological polar surface area (TPSA) is 76.1 Å². The van der Waals surface area contributed by atoms with E-state index in [0.29, 0.717) is 30.0 Å². The lowest BCUT2D eigenvalue weighted by atomic mass is 9.95. The van der Waals surface area contributed by atoms with Crippen molar-refractivity contribution in [2.24, 2.45) is 0 Å². The van der Waals surface area contributed by atoms with Crippen molar-refractivity contribution >= 4 is 33.4 Å². The van der Waals surface area contributed by atoms with Crippen LogP contribution in [-0.4, -0.2) is 42.5 Å². The van der Waals surface area contributed by atoms with E-state index in [4.69, 9.17) is 9.47 Å². The summed E-state index contributed by atoms with van der Waals surface area (Å²) >= 11 is 3.43. The maximum atomic E-state index is 13.2. The number of rotatable bonds is 7. The first-order valence-electron chi connectivity index (χ1n) is 10.7. The van der Waals surface area contributed by atoms with E-state index in [9.17, 15) is 14.7 Å². The fourth-order valence-electron chi connectivity index (χ4n) is 4.14. The molecule has 0 spiro atoms. The Labute approximate surface area is 206 Å². The average Bonchev–Trinajstić information content (AvgIpc) is 3.12. The minimum Gasteiger partial charge on any atom is -0.507 e. The molecule has 0 bridgehead atoms. The summed E-state index contributed by atoms with van der Waals surface area (Å²) in [6.45, 7) is 0.331. The van der Waals surface area contributed by atoms with E-state index in [1.54, 1.807) is 18.2 Å². The predicted octanol–water partition coefficient (Wildman–Crippen LogP) is 5.13. The number of carbonyl (C=O) groups excluding carboxylic acids is 2. The Kier molecular flexibility index (Phi) is 7.03. The molecule has 4 rings (SSSR count). The van der Waals surface area contributed by atoms with Gasteiger partial charge in [-0.1, -0.05) is 58.4 Å². The molecule has 1 aliphatic heterocycles. The molecule has 1 saturated heterocycles. The lowest BCUT2D eigenvalue weighted by molar-refractivity contribution is -0.139. The van der Waals surface area contributed by atoms with Crippen molar-refractivity contribution < 1.29 is 24.2 Å². The number of amides is 1. The third kappa shape index (κ3) is 4.56. The van der Waals surface area contributed by atoms with E-state index in [2.05, 4.69) is 15.9 Å². The largest absolute Gasteiger partial charge is 0.507 e. The molecule has 0 aliphatic carbocycles. The monoisotopic (exact) mass is 521 g/mol. The van der Waals surface area contributed by atoms with Gasteiger partial charge in [-0.25, -0.2) is 0 Å². The molecule has 0 aromatic heterocycles. The Balaban J connectivity index is 1.80. The molecule has 174 valence electrons. The predicted molar refractivity (Wildman–Crippen MR) is 133 cm³/mol. The number of hydrogen-bond donors (Lipinski definition) is 1. The van der Waals surface area contributed by atoms with Crippen LogP contribution in [0.2, 0.25) is 0 Å². The molecule has 7 heteroatoms. The molecule has 1 atom stereocenters. The van der Waals surface area contributed by atoms with E-state index in [1.807, 2.05) is 54.6 Å². The van der Waals surface area contributed by atoms with Crippen LogP contribution in [0, 0.1) is 0 Å². The number of Topliss-reactive ketones (excluding diaryl/α,β-unsaturated/α-hetero) is 1. The normalized spacial score (nSPS) is 17.1. The van der Waals surface area contributed by atoms with Crippen molar-refractivity contribution in [3.63, 3.8) is 0 Å². The first-order chi connectivity index (χ1) is 16.4. The summed E-state index contributed by atoms with van der Waals surface area (Å²) in [6.07, 6.45) is 0.581. The van der Waals surface area contributed by atoms with Gasteiger partial charge in [0, 0.05) is 16.6 Å². The number of benzene rings is 3. The Morgan fingerprint density at radius 2 is 1.62 bits per heavy atom. The highest BCUT2D eigenvalue weighted by molar-refractivity contribution is 9.10. The second-order valence-corrected chi connectivity index (χ2v) is 8.77. The Morgan fingerprint density at radius 3 is 2.26 bits per heavy atom. The molecule has 34 heavy (non-hydrogen) atoms. The highest BCUT2D eigenvalue weighted by Gasteiger charge is 2.45. The van der Waals surface area contributed by atoms with E-state index in [1.165, 1.54) is 19.1 Å². The third-order valence-corrected chi connectivity index (χ3v) is 6.40. The van der Waals surface area contributed by atoms with Gasteiger partial charge in [-0.05, 0) is 47.9 Å². The average molecular weight is 522 g/mol. The van der Waals surface area contributed by atoms with Gasteiger partial charge < -0.3 is 19.5 Å². The van der Waals surface area contributed by atoms with E-state index in [0.717, 1.165) is 15.6 Å². The number of methoxy groups -OCH3 is 2. The Morgan fingerprint density at radius 1 is 0.941 bits per heavy atom. The molecule has 1 aliphatic rings. The zero-order chi connectivity index (χ0) is 24.2. The molecular formula is C27H24BrNO5. The van der Waals surface area contributed by atoms with Gasteiger partial charge in [-0.2, -0.15) is 0 Å². The molecule has 1 heterocycles. The number of aliphatic hydroxyl groups excluding tert-OH is 1. The SMILES string of the molecule is COc1ccc(/C(O)=C2/C(=O)C(=O)N(CCc3ccccc3)C2c2ccc(Br)cc2)cc1OC. The quantitative estimate of drug-likeness (QED) is 0.265. The van der Waals surface area contributed by atoms with Crippen LogP contribution in [-0.2, 0) is 16.0 Å². The maximum absolute atomic E-state index is 13.2. The van der Waals surface area contributed by atoms with Crippen LogP contribution in [0.4, 0.5) is 0 Å². The van der Waals surface area contributed by atoms with Crippen molar-refractivity contribution in [3.05, 3.63) is 99.5 Å². The van der Waals surface area contributed by atoms with Gasteiger partial charge >= 0.3 is 0 Å². The first kappa shape index (κ1) is 23.6. The number of carbonyl (C=O) groups is 2. The Bertz CT molecular complexity index is 1240. The van der Waals surface area contributed by atoms with Crippen LogP contribution in [0.25, 0.3) is 5.76 Å². The van der Waals surface area contributed by atoms with Gasteiger partial charge in [-0.3, -0.25) is 9.59 Å². The number of ether oxygens (including phenoxy) is 2. The summed E-state index contributed by atoms with van der Waals surface area (Å²) in [5.41, 5.74) is 2.20. The van der Waals surface area contributed by atoms with E-state index >= 15 is 0 Å². The highest BCUT2D eigenvalue weighted by atomic mass is 79.9. The fourth-order valence-corrected chi connectivity index (χ4v) is 4.40. The van der Waals surface area contributed by atoms with Crippen LogP contribution >= 0.6 is 15.9 Å². The van der Waals surface area contributed by atoms with Crippen molar-refractivity contribution in [1.82, 2.24) is 4.90 Å². The summed E-state index contributed by atoms with van der Waals surface area (Å²) in [6, 6.07) is 21.3. The zero-order valence-electron chi connectivity index (χ0n) is 18.8. The fraction of sp³-hybridized carbons (Fsp3) is 0.185. The first-order valence-corrected chi connectivity index (χ1v) is 11.5. The van der Waals surface area contributed by atoms with Crippen LogP contribution in [0.1, 0.15) is 22.7 Å². The summed E-state index contributed by atoms with van der Waals surface area (Å²) in [4.78, 5) is 27.9. The van der Waals surface area contributed by atoms with Gasteiger partial charge in [0.1, 0.15) is 5.76 Å². The number of aliphatic hydroxyl groups is 1. The van der Waals surface area contributed by atoms with Crippen LogP contribution in [0.15, 0.2) is 82.8 Å². The number of hydrogen-bond acceptors (Lipinski definition) is 5. The number of nitrogens with zero attached hydrogens (tertiary/aromatic N) is 1. The van der Waals surface area contributed by atoms with E-state index in [-0.39, 0.29) is 11.3 Å². The lowest BCUT2D eigenvalue weighted by Crippen LogP contribution is -2.31. The van der Waals surface area contributed by atoms with Crippen LogP contribution in [0.5, 0.6) is 11.5 Å². The number of likely N-dealkylation sites (tertiary alicyclic amines) is 1. The Hall–Kier alpha value is -3.58. The molecule has 3 aromatic carbocycles. The standard InChI is InChI=1S/C27H24BrNO5/c1-33-21-13-10-19(16-22(21)34-2)25(30)23-24(18-8-11-20(28)12-9-18)29(27(32)26(23)31)15-14-17-6-4-3-5-7-17/h3-13,16,24,30H,14-15H2,1-2H3/b25-23-. The molecule has 1 unspecified atom stereocenters.